The first-order chi connectivity index (χ1) is 13.2. The van der Waals surface area contributed by atoms with E-state index in [4.69, 9.17) is 5.73 Å². The van der Waals surface area contributed by atoms with E-state index in [-0.39, 0.29) is 17.8 Å². The van der Waals surface area contributed by atoms with Crippen molar-refractivity contribution in [3.8, 4) is 11.1 Å². The molecule has 1 atom stereocenters. The number of rotatable bonds is 4. The lowest BCUT2D eigenvalue weighted by Crippen LogP contribution is -2.34. The van der Waals surface area contributed by atoms with Gasteiger partial charge in [0.2, 0.25) is 5.95 Å². The monoisotopic (exact) mass is 363 g/mol. The van der Waals surface area contributed by atoms with Crippen molar-refractivity contribution in [3.63, 3.8) is 0 Å². The molecule has 3 aromatic rings. The highest BCUT2D eigenvalue weighted by Gasteiger charge is 2.28. The molecule has 0 amide bonds. The Kier molecular flexibility index (Phi) is 5.07. The molecule has 138 valence electrons. The smallest absolute Gasteiger partial charge is 0.220 e. The molecule has 1 saturated heterocycles. The molecule has 0 spiro atoms. The molecule has 27 heavy (non-hydrogen) atoms. The fourth-order valence-electron chi connectivity index (χ4n) is 3.73. The molecule has 5 nitrogen and oxygen atoms in total. The number of nitrogens with two attached hydrogens (primary N) is 1. The largest absolute Gasteiger partial charge is 0.368 e. The lowest BCUT2D eigenvalue weighted by atomic mass is 9.93. The molecule has 1 aliphatic heterocycles. The Bertz CT molecular complexity index is 915. The second-order valence-electron chi connectivity index (χ2n) is 6.84. The molecule has 1 aliphatic rings. The van der Waals surface area contributed by atoms with E-state index in [1.807, 2.05) is 30.5 Å². The fraction of sp³-hybridized carbons (Fsp3) is 0.286. The van der Waals surface area contributed by atoms with Gasteiger partial charge in [-0.15, -0.1) is 0 Å². The van der Waals surface area contributed by atoms with E-state index in [2.05, 4.69) is 19.9 Å². The molecule has 3 heterocycles. The van der Waals surface area contributed by atoms with Gasteiger partial charge in [0.15, 0.2) is 0 Å². The Morgan fingerprint density at radius 2 is 2.04 bits per heavy atom. The summed E-state index contributed by atoms with van der Waals surface area (Å²) >= 11 is 0. The number of nitrogen functional groups attached to an aromatic ring is 1. The number of aromatic nitrogens is 3. The minimum atomic E-state index is -0.274. The summed E-state index contributed by atoms with van der Waals surface area (Å²) in [5.74, 6) is -0.0298. The molecule has 0 aliphatic carbocycles. The fourth-order valence-corrected chi connectivity index (χ4v) is 3.73. The van der Waals surface area contributed by atoms with Crippen molar-refractivity contribution in [2.45, 2.75) is 31.8 Å². The van der Waals surface area contributed by atoms with Crippen molar-refractivity contribution in [1.82, 2.24) is 19.9 Å². The topological polar surface area (TPSA) is 67.9 Å². The van der Waals surface area contributed by atoms with Crippen molar-refractivity contribution in [1.29, 1.82) is 0 Å². The standard InChI is InChI=1S/C21H22FN5/c22-16-7-5-6-15(12-16)18-13-25-21(23)26-20(18)19-9-2-4-11-27(19)14-17-8-1-3-10-24-17/h1,3,5-8,10,12-13,19H,2,4,9,11,14H2,(H2,23,25,26). The maximum Gasteiger partial charge on any atom is 0.220 e. The second kappa shape index (κ2) is 7.80. The summed E-state index contributed by atoms with van der Waals surface area (Å²) in [6, 6.07) is 12.6. The Labute approximate surface area is 158 Å². The number of halogens is 1. The minimum absolute atomic E-state index is 0.101. The molecule has 6 heteroatoms. The third-order valence-electron chi connectivity index (χ3n) is 4.99. The zero-order valence-electron chi connectivity index (χ0n) is 15.1. The molecule has 2 aromatic heterocycles. The zero-order chi connectivity index (χ0) is 18.6. The Morgan fingerprint density at radius 1 is 1.11 bits per heavy atom. The number of anilines is 1. The predicted molar refractivity (Wildman–Crippen MR) is 103 cm³/mol. The maximum absolute atomic E-state index is 13.8. The van der Waals surface area contributed by atoms with E-state index in [1.165, 1.54) is 12.1 Å². The van der Waals surface area contributed by atoms with Crippen LogP contribution in [0.1, 0.15) is 36.7 Å². The zero-order valence-corrected chi connectivity index (χ0v) is 15.1. The van der Waals surface area contributed by atoms with E-state index in [0.29, 0.717) is 0 Å². The first-order valence-electron chi connectivity index (χ1n) is 9.23. The Balaban J connectivity index is 1.72. The maximum atomic E-state index is 13.8. The van der Waals surface area contributed by atoms with Crippen LogP contribution in [-0.2, 0) is 6.54 Å². The van der Waals surface area contributed by atoms with E-state index in [1.54, 1.807) is 12.3 Å². The third-order valence-corrected chi connectivity index (χ3v) is 4.99. The van der Waals surface area contributed by atoms with E-state index in [9.17, 15) is 4.39 Å². The molecular formula is C21H22FN5. The van der Waals surface area contributed by atoms with E-state index >= 15 is 0 Å². The van der Waals surface area contributed by atoms with Gasteiger partial charge in [0, 0.05) is 24.5 Å². The predicted octanol–water partition coefficient (Wildman–Crippen LogP) is 3.99. The molecular weight excluding hydrogens is 341 g/mol. The lowest BCUT2D eigenvalue weighted by Gasteiger charge is -2.36. The van der Waals surface area contributed by atoms with Gasteiger partial charge in [0.05, 0.1) is 17.4 Å². The highest BCUT2D eigenvalue weighted by molar-refractivity contribution is 5.66. The van der Waals surface area contributed by atoms with Crippen LogP contribution in [-0.4, -0.2) is 26.4 Å². The average Bonchev–Trinajstić information content (AvgIpc) is 2.69. The lowest BCUT2D eigenvalue weighted by molar-refractivity contribution is 0.136. The van der Waals surface area contributed by atoms with Crippen LogP contribution >= 0.6 is 0 Å². The number of likely N-dealkylation sites (tertiary alicyclic amines) is 1. The van der Waals surface area contributed by atoms with Gasteiger partial charge in [-0.25, -0.2) is 14.4 Å². The number of benzene rings is 1. The summed E-state index contributed by atoms with van der Waals surface area (Å²) in [6.45, 7) is 1.71. The molecule has 1 unspecified atom stereocenters. The molecule has 1 aromatic carbocycles. The van der Waals surface area contributed by atoms with Crippen LogP contribution in [0.25, 0.3) is 11.1 Å². The van der Waals surface area contributed by atoms with Crippen LogP contribution in [0.3, 0.4) is 0 Å². The molecule has 0 bridgehead atoms. The van der Waals surface area contributed by atoms with Gasteiger partial charge in [-0.1, -0.05) is 24.6 Å². The normalized spacial score (nSPS) is 17.7. The molecule has 0 saturated carbocycles. The number of hydrogen-bond acceptors (Lipinski definition) is 5. The summed E-state index contributed by atoms with van der Waals surface area (Å²) in [7, 11) is 0. The minimum Gasteiger partial charge on any atom is -0.368 e. The van der Waals surface area contributed by atoms with E-state index in [0.717, 1.165) is 54.9 Å². The van der Waals surface area contributed by atoms with Crippen molar-refractivity contribution in [2.24, 2.45) is 0 Å². The van der Waals surface area contributed by atoms with Crippen molar-refractivity contribution < 1.29 is 4.39 Å². The average molecular weight is 363 g/mol. The van der Waals surface area contributed by atoms with Gasteiger partial charge in [-0.2, -0.15) is 0 Å². The Hall–Kier alpha value is -2.86. The SMILES string of the molecule is Nc1ncc(-c2cccc(F)c2)c(C2CCCCN2Cc2ccccn2)n1. The number of nitrogens with zero attached hydrogens (tertiary/aromatic N) is 4. The number of pyridine rings is 1. The number of piperidine rings is 1. The van der Waals surface area contributed by atoms with Crippen LogP contribution in [0.2, 0.25) is 0 Å². The highest BCUT2D eigenvalue weighted by atomic mass is 19.1. The highest BCUT2D eigenvalue weighted by Crippen LogP contribution is 2.36. The summed E-state index contributed by atoms with van der Waals surface area (Å²) in [5.41, 5.74) is 9.41. The van der Waals surface area contributed by atoms with Gasteiger partial charge < -0.3 is 5.73 Å². The molecule has 2 N–H and O–H groups in total. The van der Waals surface area contributed by atoms with Crippen LogP contribution in [0.5, 0.6) is 0 Å². The first-order valence-corrected chi connectivity index (χ1v) is 9.23. The van der Waals surface area contributed by atoms with Gasteiger partial charge in [0.25, 0.3) is 0 Å². The van der Waals surface area contributed by atoms with Crippen LogP contribution in [0.4, 0.5) is 10.3 Å². The van der Waals surface area contributed by atoms with Gasteiger partial charge >= 0.3 is 0 Å². The molecule has 4 rings (SSSR count). The quantitative estimate of drug-likeness (QED) is 0.759. The van der Waals surface area contributed by atoms with Crippen molar-refractivity contribution >= 4 is 5.95 Å². The van der Waals surface area contributed by atoms with Crippen LogP contribution in [0.15, 0.2) is 54.9 Å². The van der Waals surface area contributed by atoms with Crippen molar-refractivity contribution in [3.05, 3.63) is 72.1 Å². The molecule has 1 fully saturated rings. The number of hydrogen-bond donors (Lipinski definition) is 1. The second-order valence-corrected chi connectivity index (χ2v) is 6.84. The van der Waals surface area contributed by atoms with Crippen LogP contribution in [0, 0.1) is 5.82 Å². The molecule has 0 radical (unpaired) electrons. The van der Waals surface area contributed by atoms with E-state index < -0.39 is 0 Å². The van der Waals surface area contributed by atoms with Gasteiger partial charge in [-0.3, -0.25) is 9.88 Å². The third kappa shape index (κ3) is 3.95. The summed E-state index contributed by atoms with van der Waals surface area (Å²) in [4.78, 5) is 15.6. The summed E-state index contributed by atoms with van der Waals surface area (Å²) in [6.07, 6.45) is 6.76. The van der Waals surface area contributed by atoms with Crippen LogP contribution < -0.4 is 5.73 Å². The van der Waals surface area contributed by atoms with Gasteiger partial charge in [-0.05, 0) is 49.2 Å². The van der Waals surface area contributed by atoms with Crippen molar-refractivity contribution in [2.75, 3.05) is 12.3 Å². The first kappa shape index (κ1) is 17.5. The Morgan fingerprint density at radius 3 is 2.85 bits per heavy atom. The summed E-state index contributed by atoms with van der Waals surface area (Å²) < 4.78 is 13.8. The summed E-state index contributed by atoms with van der Waals surface area (Å²) in [5, 5.41) is 0. The van der Waals surface area contributed by atoms with Gasteiger partial charge in [0.1, 0.15) is 5.82 Å².